The Morgan fingerprint density at radius 1 is 1.00 bits per heavy atom. The number of hydrogen-bond acceptors (Lipinski definition) is 5. The molecule has 0 amide bonds. The zero-order valence-electron chi connectivity index (χ0n) is 20.2. The first-order valence-corrected chi connectivity index (χ1v) is 12.6. The van der Waals surface area contributed by atoms with E-state index >= 15 is 0 Å². The molecule has 1 saturated carbocycles. The van der Waals surface area contributed by atoms with E-state index in [0.29, 0.717) is 31.4 Å². The lowest BCUT2D eigenvalue weighted by Crippen LogP contribution is -2.44. The summed E-state index contributed by atoms with van der Waals surface area (Å²) in [4.78, 5) is 13.0. The van der Waals surface area contributed by atoms with Crippen LogP contribution in [0, 0.1) is 5.92 Å². The van der Waals surface area contributed by atoms with Crippen molar-refractivity contribution in [3.63, 3.8) is 0 Å². The van der Waals surface area contributed by atoms with E-state index in [9.17, 15) is 15.0 Å². The van der Waals surface area contributed by atoms with Crippen molar-refractivity contribution in [1.29, 1.82) is 0 Å². The quantitative estimate of drug-likeness (QED) is 0.349. The van der Waals surface area contributed by atoms with Crippen molar-refractivity contribution < 1.29 is 24.5 Å². The van der Waals surface area contributed by atoms with Gasteiger partial charge in [0.15, 0.2) is 0 Å². The molecule has 3 aromatic rings. The summed E-state index contributed by atoms with van der Waals surface area (Å²) in [5.41, 5.74) is 2.29. The van der Waals surface area contributed by atoms with E-state index in [1.165, 1.54) is 0 Å². The Morgan fingerprint density at radius 3 is 2.39 bits per heavy atom. The molecule has 2 aliphatic rings. The fourth-order valence-electron chi connectivity index (χ4n) is 5.37. The summed E-state index contributed by atoms with van der Waals surface area (Å²) in [5, 5.41) is 22.2. The number of hydrogen-bond donors (Lipinski definition) is 2. The largest absolute Gasteiger partial charge is 0.455 e. The van der Waals surface area contributed by atoms with Crippen LogP contribution in [-0.4, -0.2) is 46.7 Å². The summed E-state index contributed by atoms with van der Waals surface area (Å²) in [5.74, 6) is -0.649. The molecule has 1 aliphatic carbocycles. The number of aliphatic hydroxyl groups excluding tert-OH is 1. The SMILES string of the molecule is O=C(O[C@@H]1C[C@@H]2OCC[C@H]2[C@]1(O)/C=C/[C@@H](O)CCc1ccccc1)c1ccc(-c2ccccc2)cc1. The molecule has 0 spiro atoms. The highest BCUT2D eigenvalue weighted by Crippen LogP contribution is 2.46. The minimum atomic E-state index is -1.38. The first-order valence-electron chi connectivity index (χ1n) is 12.6. The van der Waals surface area contributed by atoms with Gasteiger partial charge in [-0.15, -0.1) is 0 Å². The molecular weight excluding hydrogens is 452 g/mol. The highest BCUT2D eigenvalue weighted by Gasteiger charge is 2.57. The van der Waals surface area contributed by atoms with E-state index < -0.39 is 23.8 Å². The molecule has 5 heteroatoms. The van der Waals surface area contributed by atoms with Crippen molar-refractivity contribution in [3.05, 3.63) is 108 Å². The van der Waals surface area contributed by atoms with Crippen molar-refractivity contribution in [1.82, 2.24) is 0 Å². The van der Waals surface area contributed by atoms with Crippen LogP contribution in [0.1, 0.15) is 35.2 Å². The van der Waals surface area contributed by atoms with Crippen molar-refractivity contribution in [3.8, 4) is 11.1 Å². The zero-order valence-corrected chi connectivity index (χ0v) is 20.2. The lowest BCUT2D eigenvalue weighted by Gasteiger charge is -2.31. The van der Waals surface area contributed by atoms with Gasteiger partial charge in [-0.05, 0) is 48.1 Å². The number of benzene rings is 3. The van der Waals surface area contributed by atoms with Gasteiger partial charge >= 0.3 is 5.97 Å². The van der Waals surface area contributed by atoms with Crippen LogP contribution < -0.4 is 0 Å². The maximum Gasteiger partial charge on any atom is 0.338 e. The Balaban J connectivity index is 1.26. The molecule has 5 rings (SSSR count). The molecule has 1 aliphatic heterocycles. The highest BCUT2D eigenvalue weighted by molar-refractivity contribution is 5.90. The van der Waals surface area contributed by atoms with Crippen LogP contribution in [0.25, 0.3) is 11.1 Å². The first-order chi connectivity index (χ1) is 17.5. The summed E-state index contributed by atoms with van der Waals surface area (Å²) < 4.78 is 11.7. The Morgan fingerprint density at radius 2 is 1.67 bits per heavy atom. The van der Waals surface area contributed by atoms with Gasteiger partial charge in [0.2, 0.25) is 0 Å². The summed E-state index contributed by atoms with van der Waals surface area (Å²) in [7, 11) is 0. The predicted octanol–water partition coefficient (Wildman–Crippen LogP) is 4.97. The van der Waals surface area contributed by atoms with Crippen LogP contribution in [0.15, 0.2) is 97.1 Å². The van der Waals surface area contributed by atoms with Gasteiger partial charge in [-0.25, -0.2) is 4.79 Å². The Labute approximate surface area is 212 Å². The monoisotopic (exact) mass is 484 g/mol. The number of aryl methyl sites for hydroxylation is 1. The number of rotatable bonds is 8. The number of fused-ring (bicyclic) bond motifs is 1. The molecular formula is C31H32O5. The molecule has 186 valence electrons. The minimum Gasteiger partial charge on any atom is -0.455 e. The smallest absolute Gasteiger partial charge is 0.338 e. The molecule has 5 nitrogen and oxygen atoms in total. The van der Waals surface area contributed by atoms with Gasteiger partial charge in [0, 0.05) is 18.9 Å². The average Bonchev–Trinajstić information content (AvgIpc) is 3.49. The van der Waals surface area contributed by atoms with Gasteiger partial charge in [-0.1, -0.05) is 84.9 Å². The van der Waals surface area contributed by atoms with Crippen LogP contribution in [-0.2, 0) is 15.9 Å². The van der Waals surface area contributed by atoms with Crippen LogP contribution in [0.5, 0.6) is 0 Å². The molecule has 1 saturated heterocycles. The Kier molecular flexibility index (Phi) is 7.33. The third-order valence-electron chi connectivity index (χ3n) is 7.40. The average molecular weight is 485 g/mol. The summed E-state index contributed by atoms with van der Waals surface area (Å²) in [6.45, 7) is 0.573. The second-order valence-corrected chi connectivity index (χ2v) is 9.72. The lowest BCUT2D eigenvalue weighted by molar-refractivity contribution is -0.0589. The van der Waals surface area contributed by atoms with E-state index in [0.717, 1.165) is 23.1 Å². The predicted molar refractivity (Wildman–Crippen MR) is 138 cm³/mol. The summed E-state index contributed by atoms with van der Waals surface area (Å²) in [6, 6.07) is 27.2. The number of esters is 1. The topological polar surface area (TPSA) is 76.0 Å². The van der Waals surface area contributed by atoms with Crippen LogP contribution in [0.2, 0.25) is 0 Å². The second-order valence-electron chi connectivity index (χ2n) is 9.72. The molecule has 1 heterocycles. The van der Waals surface area contributed by atoms with Crippen LogP contribution >= 0.6 is 0 Å². The van der Waals surface area contributed by atoms with Crippen LogP contribution in [0.4, 0.5) is 0 Å². The zero-order chi connectivity index (χ0) is 25.0. The van der Waals surface area contributed by atoms with Gasteiger partial charge in [-0.2, -0.15) is 0 Å². The maximum absolute atomic E-state index is 13.0. The Hall–Kier alpha value is -3.25. The number of aliphatic hydroxyl groups is 2. The molecule has 3 aromatic carbocycles. The van der Waals surface area contributed by atoms with E-state index in [-0.39, 0.29) is 12.0 Å². The Bertz CT molecular complexity index is 1170. The number of carbonyl (C=O) groups is 1. The molecule has 0 aromatic heterocycles. The number of ether oxygens (including phenoxy) is 2. The summed E-state index contributed by atoms with van der Waals surface area (Å²) >= 11 is 0. The van der Waals surface area contributed by atoms with Crippen molar-refractivity contribution in [2.45, 2.75) is 49.6 Å². The normalized spacial score (nSPS) is 26.1. The van der Waals surface area contributed by atoms with Crippen molar-refractivity contribution in [2.24, 2.45) is 5.92 Å². The van der Waals surface area contributed by atoms with Crippen LogP contribution in [0.3, 0.4) is 0 Å². The lowest BCUT2D eigenvalue weighted by atomic mass is 9.86. The molecule has 0 unspecified atom stereocenters. The van der Waals surface area contributed by atoms with E-state index in [4.69, 9.17) is 9.47 Å². The van der Waals surface area contributed by atoms with E-state index in [1.807, 2.05) is 72.8 Å². The highest BCUT2D eigenvalue weighted by atomic mass is 16.6. The first kappa shape index (κ1) is 24.4. The van der Waals surface area contributed by atoms with E-state index in [2.05, 4.69) is 0 Å². The maximum atomic E-state index is 13.0. The molecule has 2 fully saturated rings. The number of carbonyl (C=O) groups excluding carboxylic acids is 1. The van der Waals surface area contributed by atoms with Gasteiger partial charge in [0.25, 0.3) is 0 Å². The fraction of sp³-hybridized carbons (Fsp3) is 0.323. The minimum absolute atomic E-state index is 0.167. The van der Waals surface area contributed by atoms with Gasteiger partial charge in [0.05, 0.1) is 17.8 Å². The second kappa shape index (κ2) is 10.8. The van der Waals surface area contributed by atoms with Gasteiger partial charge in [0.1, 0.15) is 11.7 Å². The molecule has 2 N–H and O–H groups in total. The molecule has 0 radical (unpaired) electrons. The molecule has 5 atom stereocenters. The summed E-state index contributed by atoms with van der Waals surface area (Å²) in [6.07, 6.45) is 4.04. The van der Waals surface area contributed by atoms with Crippen molar-refractivity contribution in [2.75, 3.05) is 6.61 Å². The van der Waals surface area contributed by atoms with E-state index in [1.54, 1.807) is 24.3 Å². The van der Waals surface area contributed by atoms with Gasteiger partial charge < -0.3 is 19.7 Å². The fourth-order valence-corrected chi connectivity index (χ4v) is 5.37. The van der Waals surface area contributed by atoms with Crippen molar-refractivity contribution >= 4 is 5.97 Å². The molecule has 0 bridgehead atoms. The molecule has 36 heavy (non-hydrogen) atoms. The standard InChI is InChI=1S/C31H32O5/c32-26(16-11-22-7-3-1-4-8-22)17-19-31(34)27-18-20-35-28(27)21-29(31)36-30(33)25-14-12-24(13-15-25)23-9-5-2-6-10-23/h1-10,12-15,17,19,26-29,32,34H,11,16,18,20-21H2/b19-17+/t26-,27+,28-,29+,31+/m0/s1. The third-order valence-corrected chi connectivity index (χ3v) is 7.40. The van der Waals surface area contributed by atoms with Gasteiger partial charge in [-0.3, -0.25) is 0 Å². The third kappa shape index (κ3) is 5.29.